The smallest absolute Gasteiger partial charge is 0.310 e. The van der Waals surface area contributed by atoms with E-state index in [0.717, 1.165) is 29.1 Å². The van der Waals surface area contributed by atoms with Crippen LogP contribution in [-0.4, -0.2) is 46.3 Å². The van der Waals surface area contributed by atoms with E-state index in [0.29, 0.717) is 30.8 Å². The van der Waals surface area contributed by atoms with Gasteiger partial charge < -0.3 is 10.6 Å². The number of nitrogens with zero attached hydrogens (tertiary/aromatic N) is 3. The zero-order chi connectivity index (χ0) is 21.9. The Morgan fingerprint density at radius 3 is 2.63 bits per heavy atom. The van der Waals surface area contributed by atoms with Crippen molar-refractivity contribution in [2.24, 2.45) is 5.92 Å². The number of piperidine rings is 1. The minimum Gasteiger partial charge on any atom is -0.310 e. The second-order valence-electron chi connectivity index (χ2n) is 7.20. The average Bonchev–Trinajstić information content (AvgIpc) is 2.98. The van der Waals surface area contributed by atoms with Gasteiger partial charge in [0.05, 0.1) is 23.7 Å². The van der Waals surface area contributed by atoms with Crippen LogP contribution in [0.3, 0.4) is 0 Å². The van der Waals surface area contributed by atoms with E-state index in [2.05, 4.69) is 20.6 Å². The first-order valence-corrected chi connectivity index (χ1v) is 10.2. The first kappa shape index (κ1) is 22.2. The molecule has 1 aliphatic heterocycles. The maximum absolute atomic E-state index is 12.6. The van der Waals surface area contributed by atoms with Gasteiger partial charge >= 0.3 is 6.18 Å². The Kier molecular flexibility index (Phi) is 6.71. The van der Waals surface area contributed by atoms with Crippen molar-refractivity contribution in [2.75, 3.05) is 30.3 Å². The highest BCUT2D eigenvalue weighted by molar-refractivity contribution is 7.15. The van der Waals surface area contributed by atoms with Gasteiger partial charge in [-0.2, -0.15) is 13.2 Å². The molecule has 3 rings (SSSR count). The van der Waals surface area contributed by atoms with E-state index >= 15 is 0 Å². The van der Waals surface area contributed by atoms with E-state index in [1.165, 1.54) is 11.3 Å². The zero-order valence-electron chi connectivity index (χ0n) is 16.5. The molecule has 2 N–H and O–H groups in total. The number of halogens is 3. The summed E-state index contributed by atoms with van der Waals surface area (Å²) >= 11 is 1.41. The van der Waals surface area contributed by atoms with Gasteiger partial charge in [-0.3, -0.25) is 14.5 Å². The minimum atomic E-state index is -4.48. The molecule has 0 spiro atoms. The summed E-state index contributed by atoms with van der Waals surface area (Å²) in [5.41, 5.74) is 0.00264. The largest absolute Gasteiger partial charge is 0.417 e. The number of aromatic nitrogens is 2. The fourth-order valence-corrected chi connectivity index (χ4v) is 4.00. The summed E-state index contributed by atoms with van der Waals surface area (Å²) in [6.07, 6.45) is -2.41. The number of carbonyl (C=O) groups excluding carboxylic acids is 2. The lowest BCUT2D eigenvalue weighted by atomic mass is 9.97. The van der Waals surface area contributed by atoms with Gasteiger partial charge in [0.25, 0.3) is 0 Å². The van der Waals surface area contributed by atoms with E-state index in [-0.39, 0.29) is 30.1 Å². The van der Waals surface area contributed by atoms with E-state index in [1.54, 1.807) is 0 Å². The van der Waals surface area contributed by atoms with Crippen LogP contribution < -0.4 is 10.6 Å². The fourth-order valence-electron chi connectivity index (χ4n) is 3.17. The molecule has 30 heavy (non-hydrogen) atoms. The Bertz CT molecular complexity index is 894. The number of thiazole rings is 1. The molecule has 1 unspecified atom stereocenters. The van der Waals surface area contributed by atoms with Crippen molar-refractivity contribution in [3.63, 3.8) is 0 Å². The maximum atomic E-state index is 12.6. The highest BCUT2D eigenvalue weighted by atomic mass is 32.1. The standard InChI is InChI=1S/C19H22F3N5O2S/c1-11-12(2)30-18(24-11)26-16(28)10-27-7-3-4-13(9-27)17(29)25-15-6-5-14(8-23-15)19(20,21)22/h5-6,8,13H,3-4,7,9-10H2,1-2H3,(H,23,25,29)(H,24,26,28). The molecule has 2 aromatic heterocycles. The first-order valence-electron chi connectivity index (χ1n) is 9.42. The highest BCUT2D eigenvalue weighted by Gasteiger charge is 2.31. The molecule has 2 aromatic rings. The number of nitrogens with one attached hydrogen (secondary N) is 2. The van der Waals surface area contributed by atoms with E-state index in [4.69, 9.17) is 0 Å². The van der Waals surface area contributed by atoms with Gasteiger partial charge in [0, 0.05) is 17.6 Å². The van der Waals surface area contributed by atoms with Crippen molar-refractivity contribution in [3.8, 4) is 0 Å². The summed E-state index contributed by atoms with van der Waals surface area (Å²) in [6.45, 7) is 5.02. The molecular formula is C19H22F3N5O2S. The summed E-state index contributed by atoms with van der Waals surface area (Å²) in [6, 6.07) is 2.01. The molecule has 7 nitrogen and oxygen atoms in total. The number of hydrogen-bond donors (Lipinski definition) is 2. The second-order valence-corrected chi connectivity index (χ2v) is 8.41. The molecule has 1 atom stereocenters. The molecular weight excluding hydrogens is 419 g/mol. The predicted molar refractivity (Wildman–Crippen MR) is 107 cm³/mol. The molecule has 1 aliphatic rings. The van der Waals surface area contributed by atoms with Gasteiger partial charge in [-0.15, -0.1) is 11.3 Å². The second kappa shape index (κ2) is 9.09. The monoisotopic (exact) mass is 441 g/mol. The summed E-state index contributed by atoms with van der Waals surface area (Å²) in [4.78, 5) is 35.7. The van der Waals surface area contributed by atoms with Gasteiger partial charge in [0.1, 0.15) is 5.82 Å². The van der Waals surface area contributed by atoms with Gasteiger partial charge in [-0.1, -0.05) is 0 Å². The quantitative estimate of drug-likeness (QED) is 0.742. The van der Waals surface area contributed by atoms with Crippen LogP contribution in [0.2, 0.25) is 0 Å². The molecule has 1 saturated heterocycles. The molecule has 11 heteroatoms. The summed E-state index contributed by atoms with van der Waals surface area (Å²) in [5, 5.41) is 5.89. The molecule has 0 radical (unpaired) electrons. The molecule has 0 saturated carbocycles. The van der Waals surface area contributed by atoms with Crippen LogP contribution in [0.5, 0.6) is 0 Å². The Balaban J connectivity index is 1.52. The third-order valence-electron chi connectivity index (χ3n) is 4.86. The number of hydrogen-bond acceptors (Lipinski definition) is 6. The number of rotatable bonds is 5. The van der Waals surface area contributed by atoms with Crippen LogP contribution in [-0.2, 0) is 15.8 Å². The third kappa shape index (κ3) is 5.76. The Hall–Kier alpha value is -2.53. The molecule has 0 bridgehead atoms. The molecule has 2 amide bonds. The van der Waals surface area contributed by atoms with Crippen LogP contribution >= 0.6 is 11.3 Å². The molecule has 162 valence electrons. The van der Waals surface area contributed by atoms with Crippen molar-refractivity contribution >= 4 is 34.1 Å². The Labute approximate surface area is 175 Å². The SMILES string of the molecule is Cc1nc(NC(=O)CN2CCCC(C(=O)Nc3ccc(C(F)(F)F)cn3)C2)sc1C. The minimum absolute atomic E-state index is 0.0670. The van der Waals surface area contributed by atoms with Gasteiger partial charge in [-0.25, -0.2) is 9.97 Å². The lowest BCUT2D eigenvalue weighted by Gasteiger charge is -2.31. The van der Waals surface area contributed by atoms with E-state index in [1.807, 2.05) is 18.7 Å². The topological polar surface area (TPSA) is 87.2 Å². The summed E-state index contributed by atoms with van der Waals surface area (Å²) in [5.74, 6) is -0.829. The molecule has 3 heterocycles. The number of carbonyl (C=O) groups is 2. The lowest BCUT2D eigenvalue weighted by Crippen LogP contribution is -2.44. The average molecular weight is 441 g/mol. The van der Waals surface area contributed by atoms with E-state index < -0.39 is 11.7 Å². The van der Waals surface area contributed by atoms with Gasteiger partial charge in [0.15, 0.2) is 5.13 Å². The normalized spacial score (nSPS) is 17.6. The molecule has 0 aliphatic carbocycles. The van der Waals surface area contributed by atoms with Gasteiger partial charge in [-0.05, 0) is 45.4 Å². The van der Waals surface area contributed by atoms with Crippen molar-refractivity contribution < 1.29 is 22.8 Å². The third-order valence-corrected chi connectivity index (χ3v) is 5.85. The summed E-state index contributed by atoms with van der Waals surface area (Å²) in [7, 11) is 0. The van der Waals surface area contributed by atoms with Gasteiger partial charge in [0.2, 0.25) is 11.8 Å². The number of amides is 2. The Morgan fingerprint density at radius 1 is 1.27 bits per heavy atom. The molecule has 1 fully saturated rings. The predicted octanol–water partition coefficient (Wildman–Crippen LogP) is 3.46. The Morgan fingerprint density at radius 2 is 2.03 bits per heavy atom. The number of pyridine rings is 1. The lowest BCUT2D eigenvalue weighted by molar-refractivity contribution is -0.137. The first-order chi connectivity index (χ1) is 14.1. The van der Waals surface area contributed by atoms with Crippen molar-refractivity contribution in [1.82, 2.24) is 14.9 Å². The van der Waals surface area contributed by atoms with Crippen molar-refractivity contribution in [1.29, 1.82) is 0 Å². The van der Waals surface area contributed by atoms with Crippen LogP contribution in [0.15, 0.2) is 18.3 Å². The number of alkyl halides is 3. The van der Waals surface area contributed by atoms with Crippen LogP contribution in [0, 0.1) is 19.8 Å². The highest BCUT2D eigenvalue weighted by Crippen LogP contribution is 2.29. The fraction of sp³-hybridized carbons (Fsp3) is 0.474. The number of aryl methyl sites for hydroxylation is 2. The van der Waals surface area contributed by atoms with Crippen molar-refractivity contribution in [2.45, 2.75) is 32.9 Å². The number of anilines is 2. The maximum Gasteiger partial charge on any atom is 0.417 e. The number of likely N-dealkylation sites (tertiary alicyclic amines) is 1. The summed E-state index contributed by atoms with van der Waals surface area (Å²) < 4.78 is 37.8. The van der Waals surface area contributed by atoms with Crippen LogP contribution in [0.4, 0.5) is 24.1 Å². The van der Waals surface area contributed by atoms with E-state index in [9.17, 15) is 22.8 Å². The van der Waals surface area contributed by atoms with Crippen LogP contribution in [0.25, 0.3) is 0 Å². The van der Waals surface area contributed by atoms with Crippen LogP contribution in [0.1, 0.15) is 29.0 Å². The van der Waals surface area contributed by atoms with Crippen molar-refractivity contribution in [3.05, 3.63) is 34.5 Å². The zero-order valence-corrected chi connectivity index (χ0v) is 17.4. The molecule has 0 aromatic carbocycles.